The predicted octanol–water partition coefficient (Wildman–Crippen LogP) is 5.76. The highest BCUT2D eigenvalue weighted by molar-refractivity contribution is 5.66. The summed E-state index contributed by atoms with van der Waals surface area (Å²) in [6, 6.07) is 30.7. The standard InChI is InChI=1S/C30H34O5/c1-23(19-26(21-33-24(2)31)22-34-25(3)32)20-35-30(27-13-7-4-8-14-27,28-15-9-5-10-16-28)29-17-11-6-12-18-29/h4-18,23,26H,19-22H2,1-3H3/t23-/m0/s1. The molecule has 1 atom stereocenters. The van der Waals surface area contributed by atoms with Gasteiger partial charge in [-0.3, -0.25) is 9.59 Å². The van der Waals surface area contributed by atoms with Crippen LogP contribution in [0.5, 0.6) is 0 Å². The average Bonchev–Trinajstić information content (AvgIpc) is 2.88. The SMILES string of the molecule is CC(=O)OCC(COC(C)=O)C[C@H](C)COC(c1ccccc1)(c1ccccc1)c1ccccc1. The second-order valence-corrected chi connectivity index (χ2v) is 8.90. The van der Waals surface area contributed by atoms with Crippen molar-refractivity contribution in [2.45, 2.75) is 32.8 Å². The lowest BCUT2D eigenvalue weighted by Gasteiger charge is -2.37. The molecule has 0 N–H and O–H groups in total. The normalized spacial score (nSPS) is 12.2. The minimum absolute atomic E-state index is 0.110. The maximum absolute atomic E-state index is 11.3. The van der Waals surface area contributed by atoms with Crippen molar-refractivity contribution in [2.24, 2.45) is 11.8 Å². The van der Waals surface area contributed by atoms with E-state index in [-0.39, 0.29) is 37.0 Å². The van der Waals surface area contributed by atoms with Gasteiger partial charge in [0.25, 0.3) is 0 Å². The zero-order valence-electron chi connectivity index (χ0n) is 20.7. The molecule has 0 radical (unpaired) electrons. The number of benzene rings is 3. The Morgan fingerprint density at radius 1 is 0.657 bits per heavy atom. The van der Waals surface area contributed by atoms with Crippen molar-refractivity contribution in [1.82, 2.24) is 0 Å². The quantitative estimate of drug-likeness (QED) is 0.247. The van der Waals surface area contributed by atoms with Crippen molar-refractivity contribution in [1.29, 1.82) is 0 Å². The van der Waals surface area contributed by atoms with E-state index in [2.05, 4.69) is 43.3 Å². The lowest BCUT2D eigenvalue weighted by Crippen LogP contribution is -2.35. The first-order chi connectivity index (χ1) is 16.9. The molecule has 35 heavy (non-hydrogen) atoms. The maximum Gasteiger partial charge on any atom is 0.302 e. The highest BCUT2D eigenvalue weighted by Gasteiger charge is 2.38. The van der Waals surface area contributed by atoms with Crippen molar-refractivity contribution in [3.05, 3.63) is 108 Å². The Labute approximate surface area is 208 Å². The maximum atomic E-state index is 11.3. The summed E-state index contributed by atoms with van der Waals surface area (Å²) in [5.74, 6) is -0.696. The minimum atomic E-state index is -0.792. The number of rotatable bonds is 12. The molecule has 0 unspecified atom stereocenters. The van der Waals surface area contributed by atoms with Crippen LogP contribution in [0.1, 0.15) is 43.9 Å². The highest BCUT2D eigenvalue weighted by atomic mass is 16.5. The first-order valence-electron chi connectivity index (χ1n) is 12.0. The van der Waals surface area contributed by atoms with Gasteiger partial charge in [0.15, 0.2) is 0 Å². The summed E-state index contributed by atoms with van der Waals surface area (Å²) in [5.41, 5.74) is 2.34. The lowest BCUT2D eigenvalue weighted by atomic mass is 9.80. The Morgan fingerprint density at radius 3 is 1.37 bits per heavy atom. The van der Waals surface area contributed by atoms with E-state index >= 15 is 0 Å². The van der Waals surface area contributed by atoms with E-state index in [1.807, 2.05) is 54.6 Å². The van der Waals surface area contributed by atoms with Gasteiger partial charge in [-0.1, -0.05) is 97.9 Å². The smallest absolute Gasteiger partial charge is 0.302 e. The molecule has 0 saturated heterocycles. The Morgan fingerprint density at radius 2 is 1.03 bits per heavy atom. The molecule has 3 aromatic carbocycles. The summed E-state index contributed by atoms with van der Waals surface area (Å²) in [5, 5.41) is 0. The predicted molar refractivity (Wildman–Crippen MR) is 136 cm³/mol. The largest absolute Gasteiger partial charge is 0.465 e. The third-order valence-electron chi connectivity index (χ3n) is 5.91. The lowest BCUT2D eigenvalue weighted by molar-refractivity contribution is -0.146. The second kappa shape index (κ2) is 12.9. The fourth-order valence-electron chi connectivity index (χ4n) is 4.33. The van der Waals surface area contributed by atoms with Crippen molar-refractivity contribution in [3.8, 4) is 0 Å². The third kappa shape index (κ3) is 7.27. The number of carbonyl (C=O) groups is 2. The van der Waals surface area contributed by atoms with Crippen LogP contribution in [0.3, 0.4) is 0 Å². The van der Waals surface area contributed by atoms with Gasteiger partial charge in [0.1, 0.15) is 5.60 Å². The summed E-state index contributed by atoms with van der Waals surface area (Å²) in [7, 11) is 0. The van der Waals surface area contributed by atoms with E-state index in [0.717, 1.165) is 16.7 Å². The number of ether oxygens (including phenoxy) is 3. The Balaban J connectivity index is 1.89. The van der Waals surface area contributed by atoms with Crippen LogP contribution in [0.4, 0.5) is 0 Å². The zero-order valence-corrected chi connectivity index (χ0v) is 20.7. The van der Waals surface area contributed by atoms with E-state index in [1.54, 1.807) is 0 Å². The highest BCUT2D eigenvalue weighted by Crippen LogP contribution is 2.41. The summed E-state index contributed by atoms with van der Waals surface area (Å²) in [6.45, 7) is 5.71. The molecule has 0 bridgehead atoms. The molecule has 0 aromatic heterocycles. The minimum Gasteiger partial charge on any atom is -0.465 e. The van der Waals surface area contributed by atoms with Gasteiger partial charge in [0, 0.05) is 19.8 Å². The van der Waals surface area contributed by atoms with E-state index in [1.165, 1.54) is 13.8 Å². The average molecular weight is 475 g/mol. The fraction of sp³-hybridized carbons (Fsp3) is 0.333. The Bertz CT molecular complexity index is 935. The first-order valence-corrected chi connectivity index (χ1v) is 12.0. The molecular weight excluding hydrogens is 440 g/mol. The summed E-state index contributed by atoms with van der Waals surface area (Å²) in [4.78, 5) is 22.7. The van der Waals surface area contributed by atoms with E-state index in [0.29, 0.717) is 13.0 Å². The van der Waals surface area contributed by atoms with Gasteiger partial charge in [-0.2, -0.15) is 0 Å². The van der Waals surface area contributed by atoms with Crippen molar-refractivity contribution in [3.63, 3.8) is 0 Å². The first kappa shape index (κ1) is 26.2. The van der Waals surface area contributed by atoms with E-state index in [9.17, 15) is 9.59 Å². The van der Waals surface area contributed by atoms with Gasteiger partial charge >= 0.3 is 11.9 Å². The van der Waals surface area contributed by atoms with Gasteiger partial charge in [0.05, 0.1) is 19.8 Å². The molecular formula is C30H34O5. The zero-order chi connectivity index (χ0) is 25.1. The number of carbonyl (C=O) groups excluding carboxylic acids is 2. The van der Waals surface area contributed by atoms with Crippen LogP contribution in [-0.4, -0.2) is 31.8 Å². The van der Waals surface area contributed by atoms with Crippen LogP contribution in [0.2, 0.25) is 0 Å². The van der Waals surface area contributed by atoms with E-state index < -0.39 is 5.60 Å². The fourth-order valence-corrected chi connectivity index (χ4v) is 4.33. The molecule has 0 amide bonds. The number of esters is 2. The van der Waals surface area contributed by atoms with Crippen LogP contribution in [-0.2, 0) is 29.4 Å². The molecule has 0 spiro atoms. The van der Waals surface area contributed by atoms with E-state index in [4.69, 9.17) is 14.2 Å². The van der Waals surface area contributed by atoms with Crippen molar-refractivity contribution < 1.29 is 23.8 Å². The molecule has 184 valence electrons. The van der Waals surface area contributed by atoms with Crippen LogP contribution in [0.25, 0.3) is 0 Å². The van der Waals surface area contributed by atoms with Crippen LogP contribution in [0.15, 0.2) is 91.0 Å². The molecule has 0 aliphatic heterocycles. The number of hydrogen-bond acceptors (Lipinski definition) is 5. The molecule has 5 nitrogen and oxygen atoms in total. The van der Waals surface area contributed by atoms with Crippen molar-refractivity contribution >= 4 is 11.9 Å². The monoisotopic (exact) mass is 474 g/mol. The molecule has 3 aromatic rings. The van der Waals surface area contributed by atoms with Gasteiger partial charge in [-0.15, -0.1) is 0 Å². The van der Waals surface area contributed by atoms with Gasteiger partial charge in [-0.25, -0.2) is 0 Å². The molecule has 0 aliphatic rings. The topological polar surface area (TPSA) is 61.8 Å². The summed E-state index contributed by atoms with van der Waals surface area (Å²) in [6.07, 6.45) is 0.676. The molecule has 0 aliphatic carbocycles. The number of hydrogen-bond donors (Lipinski definition) is 0. The van der Waals surface area contributed by atoms with Gasteiger partial charge < -0.3 is 14.2 Å². The van der Waals surface area contributed by atoms with Crippen molar-refractivity contribution in [2.75, 3.05) is 19.8 Å². The molecule has 3 rings (SSSR count). The second-order valence-electron chi connectivity index (χ2n) is 8.90. The molecule has 0 fully saturated rings. The van der Waals surface area contributed by atoms with Crippen LogP contribution in [0, 0.1) is 11.8 Å². The van der Waals surface area contributed by atoms with Crippen LogP contribution < -0.4 is 0 Å². The molecule has 0 heterocycles. The molecule has 0 saturated carbocycles. The van der Waals surface area contributed by atoms with Crippen LogP contribution >= 0.6 is 0 Å². The van der Waals surface area contributed by atoms with Gasteiger partial charge in [-0.05, 0) is 29.0 Å². The van der Waals surface area contributed by atoms with Gasteiger partial charge in [0.2, 0.25) is 0 Å². The Hall–Kier alpha value is -3.44. The third-order valence-corrected chi connectivity index (χ3v) is 5.91. The Kier molecular flexibility index (Phi) is 9.62. The molecule has 5 heteroatoms. The summed E-state index contributed by atoms with van der Waals surface area (Å²) < 4.78 is 17.3. The summed E-state index contributed by atoms with van der Waals surface area (Å²) >= 11 is 0.